The third kappa shape index (κ3) is 7.15. The maximum absolute atomic E-state index is 17.0. The van der Waals surface area contributed by atoms with Gasteiger partial charge in [-0.3, -0.25) is 0 Å². The van der Waals surface area contributed by atoms with Crippen LogP contribution in [0.2, 0.25) is 0 Å². The van der Waals surface area contributed by atoms with Gasteiger partial charge in [-0.25, -0.2) is 72.2 Å². The van der Waals surface area contributed by atoms with Crippen molar-refractivity contribution in [2.45, 2.75) is 0 Å². The van der Waals surface area contributed by atoms with E-state index in [9.17, 15) is 0 Å². The minimum atomic E-state index is -2.01. The predicted octanol–water partition coefficient (Wildman–Crippen LogP) is 8.12. The summed E-state index contributed by atoms with van der Waals surface area (Å²) in [5, 5.41) is -4.85. The summed E-state index contributed by atoms with van der Waals surface area (Å²) in [4.78, 5) is 20.1. The van der Waals surface area contributed by atoms with E-state index in [4.69, 9.17) is 0 Å². The van der Waals surface area contributed by atoms with Crippen LogP contribution < -0.4 is 30.4 Å². The second-order valence-electron chi connectivity index (χ2n) is 17.1. The maximum Gasteiger partial charge on any atom is 0.218 e. The summed E-state index contributed by atoms with van der Waals surface area (Å²) in [6.07, 6.45) is 19.1. The summed E-state index contributed by atoms with van der Waals surface area (Å²) >= 11 is 0. The molecule has 0 unspecified atom stereocenters. The Hall–Kier alpha value is -9.00. The van der Waals surface area contributed by atoms with Crippen molar-refractivity contribution >= 4 is 45.2 Å². The minimum absolute atomic E-state index is 0.130. The fourth-order valence-corrected chi connectivity index (χ4v) is 9.31. The molecule has 0 N–H and O–H groups in total. The van der Waals surface area contributed by atoms with Gasteiger partial charge < -0.3 is 14.8 Å². The molecule has 6 aliphatic rings. The van der Waals surface area contributed by atoms with Gasteiger partial charge in [-0.05, 0) is 78.0 Å². The molecular weight excluding hydrogens is 987 g/mol. The highest BCUT2D eigenvalue weighted by Gasteiger charge is 2.35. The molecule has 0 atom stereocenters. The Morgan fingerprint density at radius 3 is 1.28 bits per heavy atom. The number of likely N-dealkylation sites (N-methyl/N-ethyl adjacent to an activating group) is 2. The molecule has 0 aliphatic carbocycles. The number of aryl methyl sites for hydroxylation is 1. The first-order valence-corrected chi connectivity index (χ1v) is 22.1. The highest BCUT2D eigenvalue weighted by Crippen LogP contribution is 2.40. The van der Waals surface area contributed by atoms with E-state index < -0.39 is 153 Å². The molecule has 0 saturated carbocycles. The normalized spacial score (nSPS) is 16.7. The van der Waals surface area contributed by atoms with Crippen LogP contribution in [0.25, 0.3) is 39.4 Å². The molecule has 8 heterocycles. The van der Waals surface area contributed by atoms with Gasteiger partial charge in [0.05, 0.1) is 72.1 Å². The first-order chi connectivity index (χ1) is 35.5. The van der Waals surface area contributed by atoms with E-state index in [1.54, 1.807) is 0 Å². The SMILES string of the molecule is CN1C=CC=CC1=c1c(F)c(F)c(=C2C3=NC(=C4C=CC(=N4)C(=c4c(F)c(F)c(=C5C=CC=CN5C)c(F)c4F)c4ccc([n-]4)C(c4c(F)c(F)c(-c5cccc[n+]5C)c(F)c4F)=C4C=CC2=N4)C=C3)c(F)c1F. The molecule has 11 rings (SSSR count). The summed E-state index contributed by atoms with van der Waals surface area (Å²) < 4.78 is 201. The number of nitrogens with zero attached hydrogens (tertiary/aromatic N) is 7. The van der Waals surface area contributed by atoms with Crippen LogP contribution in [-0.4, -0.2) is 41.0 Å². The molecule has 0 spiro atoms. The van der Waals surface area contributed by atoms with Gasteiger partial charge in [0.15, 0.2) is 76.0 Å². The number of hydrogen-bond acceptors (Lipinski definition) is 5. The lowest BCUT2D eigenvalue weighted by Gasteiger charge is -2.21. The van der Waals surface area contributed by atoms with E-state index in [0.29, 0.717) is 0 Å². The molecule has 2 aromatic heterocycles. The fourth-order valence-electron chi connectivity index (χ4n) is 9.31. The molecule has 5 aromatic rings. The van der Waals surface area contributed by atoms with Crippen molar-refractivity contribution in [1.82, 2.24) is 14.8 Å². The van der Waals surface area contributed by atoms with Gasteiger partial charge in [0.25, 0.3) is 0 Å². The van der Waals surface area contributed by atoms with E-state index >= 15 is 52.7 Å². The van der Waals surface area contributed by atoms with Crippen LogP contribution >= 0.6 is 0 Å². The van der Waals surface area contributed by atoms with Gasteiger partial charge >= 0.3 is 0 Å². The lowest BCUT2D eigenvalue weighted by molar-refractivity contribution is -0.660. The highest BCUT2D eigenvalue weighted by molar-refractivity contribution is 6.51. The van der Waals surface area contributed by atoms with Crippen molar-refractivity contribution in [2.75, 3.05) is 14.1 Å². The van der Waals surface area contributed by atoms with Gasteiger partial charge in [-0.15, -0.1) is 11.4 Å². The van der Waals surface area contributed by atoms with E-state index in [0.717, 1.165) is 36.4 Å². The molecular formula is C55H29F12N7. The number of aromatic nitrogens is 2. The van der Waals surface area contributed by atoms with Gasteiger partial charge in [0.1, 0.15) is 12.6 Å². The molecule has 0 radical (unpaired) electrons. The third-order valence-electron chi connectivity index (χ3n) is 12.8. The molecule has 368 valence electrons. The summed E-state index contributed by atoms with van der Waals surface area (Å²) in [5.41, 5.74) is -9.33. The monoisotopic (exact) mass is 1020 g/mol. The minimum Gasteiger partial charge on any atom is -0.657 e. The highest BCUT2D eigenvalue weighted by atomic mass is 19.2. The molecule has 6 aliphatic heterocycles. The second-order valence-corrected chi connectivity index (χ2v) is 17.1. The Labute approximate surface area is 410 Å². The van der Waals surface area contributed by atoms with Gasteiger partial charge in [-0.1, -0.05) is 24.3 Å². The number of halogens is 12. The quantitative estimate of drug-likeness (QED) is 0.102. The van der Waals surface area contributed by atoms with E-state index in [-0.39, 0.29) is 28.5 Å². The number of fused-ring (bicyclic) bond motifs is 5. The molecule has 19 heteroatoms. The molecule has 0 saturated heterocycles. The first-order valence-electron chi connectivity index (χ1n) is 22.1. The van der Waals surface area contributed by atoms with Crippen LogP contribution in [0.3, 0.4) is 0 Å². The molecule has 8 bridgehead atoms. The number of aliphatic imine (C=N–C) groups is 3. The number of hydrogen-bond donors (Lipinski definition) is 0. The lowest BCUT2D eigenvalue weighted by atomic mass is 9.95. The third-order valence-corrected chi connectivity index (χ3v) is 12.8. The smallest absolute Gasteiger partial charge is 0.218 e. The van der Waals surface area contributed by atoms with E-state index in [1.165, 1.54) is 121 Å². The van der Waals surface area contributed by atoms with Gasteiger partial charge in [-0.2, -0.15) is 0 Å². The summed E-state index contributed by atoms with van der Waals surface area (Å²) in [7, 11) is 4.11. The van der Waals surface area contributed by atoms with E-state index in [2.05, 4.69) is 20.0 Å². The number of allylic oxidation sites excluding steroid dienone is 10. The van der Waals surface area contributed by atoms with Gasteiger partial charge in [0, 0.05) is 44.2 Å². The maximum atomic E-state index is 17.0. The Kier molecular flexibility index (Phi) is 11.3. The van der Waals surface area contributed by atoms with Crippen LogP contribution in [0.15, 0.2) is 154 Å². The zero-order valence-electron chi connectivity index (χ0n) is 38.2. The number of rotatable bonds is 2. The molecule has 0 fully saturated rings. The van der Waals surface area contributed by atoms with E-state index in [1.807, 2.05) is 0 Å². The second kappa shape index (κ2) is 17.6. The van der Waals surface area contributed by atoms with Crippen molar-refractivity contribution in [1.29, 1.82) is 0 Å². The Morgan fingerprint density at radius 2 is 0.811 bits per heavy atom. The predicted molar refractivity (Wildman–Crippen MR) is 251 cm³/mol. The van der Waals surface area contributed by atoms with Crippen LogP contribution in [-0.2, 0) is 7.05 Å². The zero-order valence-corrected chi connectivity index (χ0v) is 38.2. The molecule has 74 heavy (non-hydrogen) atoms. The van der Waals surface area contributed by atoms with Crippen molar-refractivity contribution in [3.8, 4) is 11.3 Å². The van der Waals surface area contributed by atoms with Crippen molar-refractivity contribution in [3.63, 3.8) is 0 Å². The number of benzene rings is 3. The molecule has 0 amide bonds. The Morgan fingerprint density at radius 1 is 0.405 bits per heavy atom. The molecule has 7 nitrogen and oxygen atoms in total. The summed E-state index contributed by atoms with van der Waals surface area (Å²) in [6.45, 7) is 0. The van der Waals surface area contributed by atoms with Crippen LogP contribution in [0.5, 0.6) is 0 Å². The average molecular weight is 1020 g/mol. The van der Waals surface area contributed by atoms with Crippen LogP contribution in [0, 0.1) is 69.8 Å². The molecule has 3 aromatic carbocycles. The van der Waals surface area contributed by atoms with Crippen LogP contribution in [0.4, 0.5) is 52.7 Å². The Balaban J connectivity index is 1.28. The zero-order chi connectivity index (χ0) is 52.2. The first kappa shape index (κ1) is 47.3. The standard InChI is InChI=1S/C55H29F12N7/c1-72-21-7-4-10-32(72)38-44(56)50(62)41(51(63)45(38)57)35-26-15-13-24(68-26)25-14-16-27(69-25)36(42-52(64)46(58)39(47(59)53(42)65)33-11-5-8-22-73(33)2)29-18-20-31(71-29)37(30-19-17-28(35)70-30)43-54(66)48(60)40(49(61)55(43)67)34-12-6-9-23-74(34)3/h4-23H,1-3H3. The van der Waals surface area contributed by atoms with Crippen molar-refractivity contribution < 1.29 is 57.3 Å². The van der Waals surface area contributed by atoms with Crippen molar-refractivity contribution in [2.24, 2.45) is 22.0 Å². The summed E-state index contributed by atoms with van der Waals surface area (Å²) in [5.74, 6) is -22.9. The number of pyridine rings is 1. The van der Waals surface area contributed by atoms with Crippen LogP contribution in [0.1, 0.15) is 17.0 Å². The lowest BCUT2D eigenvalue weighted by Crippen LogP contribution is -2.35. The van der Waals surface area contributed by atoms with Gasteiger partial charge in [0.2, 0.25) is 5.69 Å². The average Bonchev–Trinajstić information content (AvgIpc) is 4.25. The fraction of sp³-hybridized carbons (Fsp3) is 0.0545. The topological polar surface area (TPSA) is 61.5 Å². The summed E-state index contributed by atoms with van der Waals surface area (Å²) in [6, 6.07) is 6.01. The van der Waals surface area contributed by atoms with Crippen molar-refractivity contribution in [3.05, 3.63) is 247 Å². The Bertz CT molecular complexity index is 4040. The largest absolute Gasteiger partial charge is 0.657 e.